The Labute approximate surface area is 165 Å². The molecule has 2 aromatic heterocycles. The smallest absolute Gasteiger partial charge is 0.337 e. The molecule has 0 bridgehead atoms. The van der Waals surface area contributed by atoms with Crippen LogP contribution in [0.25, 0.3) is 21.3 Å². The van der Waals surface area contributed by atoms with Crippen molar-refractivity contribution in [2.45, 2.75) is 4.90 Å². The fourth-order valence-corrected chi connectivity index (χ4v) is 4.58. The van der Waals surface area contributed by atoms with E-state index in [4.69, 9.17) is 0 Å². The van der Waals surface area contributed by atoms with Crippen LogP contribution in [0, 0.1) is 0 Å². The Bertz CT molecular complexity index is 1280. The number of aromatic carboxylic acids is 1. The normalized spacial score (nSPS) is 11.4. The third-order valence-corrected chi connectivity index (χ3v) is 6.36. The zero-order valence-corrected chi connectivity index (χ0v) is 16.0. The van der Waals surface area contributed by atoms with Crippen LogP contribution in [0.2, 0.25) is 0 Å². The summed E-state index contributed by atoms with van der Waals surface area (Å²) in [6.45, 7) is 0. The molecule has 6 nitrogen and oxygen atoms in total. The summed E-state index contributed by atoms with van der Waals surface area (Å²) in [5.74, 6) is -1.22. The van der Waals surface area contributed by atoms with E-state index in [2.05, 4.69) is 9.71 Å². The highest BCUT2D eigenvalue weighted by atomic mass is 32.2. The predicted molar refractivity (Wildman–Crippen MR) is 109 cm³/mol. The van der Waals surface area contributed by atoms with E-state index >= 15 is 0 Å². The first-order chi connectivity index (χ1) is 13.4. The molecular weight excluding hydrogens is 396 g/mol. The summed E-state index contributed by atoms with van der Waals surface area (Å²) in [7, 11) is -4.01. The van der Waals surface area contributed by atoms with Gasteiger partial charge in [-0.15, -0.1) is 11.3 Å². The zero-order chi connectivity index (χ0) is 19.7. The first kappa shape index (κ1) is 18.1. The SMILES string of the molecule is O=C(O)c1ccc(-c2ccccc2)cc1NS(=O)(=O)c1cnc2sccc2c1. The summed E-state index contributed by atoms with van der Waals surface area (Å²) in [4.78, 5) is 16.4. The number of anilines is 1. The monoisotopic (exact) mass is 410 g/mol. The van der Waals surface area contributed by atoms with E-state index in [-0.39, 0.29) is 16.1 Å². The van der Waals surface area contributed by atoms with Crippen LogP contribution in [0.15, 0.2) is 77.1 Å². The summed E-state index contributed by atoms with van der Waals surface area (Å²) in [6, 6.07) is 17.2. The van der Waals surface area contributed by atoms with E-state index in [1.165, 1.54) is 35.7 Å². The van der Waals surface area contributed by atoms with Crippen molar-refractivity contribution in [2.75, 3.05) is 4.72 Å². The Morgan fingerprint density at radius 2 is 1.79 bits per heavy atom. The van der Waals surface area contributed by atoms with E-state index in [0.717, 1.165) is 10.4 Å². The van der Waals surface area contributed by atoms with Gasteiger partial charge in [-0.05, 0) is 40.8 Å². The number of carboxylic acid groups (broad SMARTS) is 1. The van der Waals surface area contributed by atoms with Gasteiger partial charge in [0.1, 0.15) is 9.73 Å². The summed E-state index contributed by atoms with van der Waals surface area (Å²) in [5, 5.41) is 12.0. The fourth-order valence-electron chi connectivity index (χ4n) is 2.81. The second-order valence-corrected chi connectivity index (χ2v) is 8.60. The van der Waals surface area contributed by atoms with Crippen LogP contribution in [-0.4, -0.2) is 24.5 Å². The van der Waals surface area contributed by atoms with Crippen molar-refractivity contribution in [1.29, 1.82) is 0 Å². The number of aromatic nitrogens is 1. The van der Waals surface area contributed by atoms with Crippen LogP contribution in [-0.2, 0) is 10.0 Å². The molecule has 8 heteroatoms. The van der Waals surface area contributed by atoms with Gasteiger partial charge in [0.15, 0.2) is 0 Å². The average Bonchev–Trinajstić information content (AvgIpc) is 3.16. The van der Waals surface area contributed by atoms with Crippen molar-refractivity contribution in [3.63, 3.8) is 0 Å². The van der Waals surface area contributed by atoms with Gasteiger partial charge in [-0.2, -0.15) is 0 Å². The molecule has 2 heterocycles. The molecule has 0 unspecified atom stereocenters. The Balaban J connectivity index is 1.77. The summed E-state index contributed by atoms with van der Waals surface area (Å²) in [6.07, 6.45) is 1.27. The maximum absolute atomic E-state index is 12.8. The topological polar surface area (TPSA) is 96.4 Å². The number of nitrogens with zero attached hydrogens (tertiary/aromatic N) is 1. The molecule has 4 rings (SSSR count). The predicted octanol–water partition coefficient (Wildman–Crippen LogP) is 4.46. The molecule has 140 valence electrons. The van der Waals surface area contributed by atoms with Crippen LogP contribution in [0.5, 0.6) is 0 Å². The number of carbonyl (C=O) groups is 1. The summed E-state index contributed by atoms with van der Waals surface area (Å²) in [5.41, 5.74) is 1.42. The number of sulfonamides is 1. The van der Waals surface area contributed by atoms with Crippen molar-refractivity contribution in [1.82, 2.24) is 4.98 Å². The lowest BCUT2D eigenvalue weighted by atomic mass is 10.0. The lowest BCUT2D eigenvalue weighted by molar-refractivity contribution is 0.0698. The van der Waals surface area contributed by atoms with Gasteiger partial charge in [-0.3, -0.25) is 4.72 Å². The third-order valence-electron chi connectivity index (χ3n) is 4.19. The van der Waals surface area contributed by atoms with Gasteiger partial charge in [0.05, 0.1) is 11.3 Å². The first-order valence-corrected chi connectivity index (χ1v) is 10.6. The van der Waals surface area contributed by atoms with E-state index in [1.807, 2.05) is 35.7 Å². The maximum atomic E-state index is 12.8. The Kier molecular flexibility index (Phi) is 4.58. The number of nitrogens with one attached hydrogen (secondary N) is 1. The van der Waals surface area contributed by atoms with Crippen LogP contribution in [0.3, 0.4) is 0 Å². The molecule has 0 fully saturated rings. The van der Waals surface area contributed by atoms with Gasteiger partial charge in [-0.1, -0.05) is 36.4 Å². The standard InChI is InChI=1S/C20H14N2O4S2/c23-20(24)17-7-6-14(13-4-2-1-3-5-13)11-18(17)22-28(25,26)16-10-15-8-9-27-19(15)21-12-16/h1-12,22H,(H,23,24). The molecule has 0 aliphatic carbocycles. The molecule has 4 aromatic rings. The quantitative estimate of drug-likeness (QED) is 0.506. The van der Waals surface area contributed by atoms with Crippen molar-refractivity contribution in [3.8, 4) is 11.1 Å². The van der Waals surface area contributed by atoms with Crippen LogP contribution >= 0.6 is 11.3 Å². The molecule has 28 heavy (non-hydrogen) atoms. The van der Waals surface area contributed by atoms with Gasteiger partial charge in [-0.25, -0.2) is 18.2 Å². The highest BCUT2D eigenvalue weighted by Gasteiger charge is 2.20. The Morgan fingerprint density at radius 1 is 1.00 bits per heavy atom. The van der Waals surface area contributed by atoms with E-state index in [1.54, 1.807) is 12.1 Å². The molecule has 0 aliphatic heterocycles. The largest absolute Gasteiger partial charge is 0.478 e. The van der Waals surface area contributed by atoms with Crippen molar-refractivity contribution in [3.05, 3.63) is 77.8 Å². The first-order valence-electron chi connectivity index (χ1n) is 8.23. The molecule has 0 amide bonds. The Hall–Kier alpha value is -3.23. The van der Waals surface area contributed by atoms with Crippen LogP contribution in [0.1, 0.15) is 10.4 Å². The minimum absolute atomic E-state index is 0.000677. The minimum Gasteiger partial charge on any atom is -0.478 e. The summed E-state index contributed by atoms with van der Waals surface area (Å²) >= 11 is 1.41. The van der Waals surface area contributed by atoms with Gasteiger partial charge in [0.25, 0.3) is 10.0 Å². The van der Waals surface area contributed by atoms with Crippen LogP contribution in [0.4, 0.5) is 5.69 Å². The van der Waals surface area contributed by atoms with E-state index in [0.29, 0.717) is 10.9 Å². The van der Waals surface area contributed by atoms with Gasteiger partial charge in [0, 0.05) is 11.6 Å². The van der Waals surface area contributed by atoms with Crippen LogP contribution < -0.4 is 4.72 Å². The highest BCUT2D eigenvalue weighted by molar-refractivity contribution is 7.92. The molecule has 0 aliphatic rings. The van der Waals surface area contributed by atoms with E-state index < -0.39 is 16.0 Å². The van der Waals surface area contributed by atoms with Crippen molar-refractivity contribution in [2.24, 2.45) is 0 Å². The lowest BCUT2D eigenvalue weighted by Gasteiger charge is -2.12. The molecule has 0 saturated carbocycles. The summed E-state index contributed by atoms with van der Waals surface area (Å²) < 4.78 is 28.1. The lowest BCUT2D eigenvalue weighted by Crippen LogP contribution is -2.16. The average molecular weight is 410 g/mol. The van der Waals surface area contributed by atoms with Gasteiger partial charge >= 0.3 is 5.97 Å². The number of benzene rings is 2. The number of hydrogen-bond acceptors (Lipinski definition) is 5. The highest BCUT2D eigenvalue weighted by Crippen LogP contribution is 2.28. The minimum atomic E-state index is -4.01. The second-order valence-electron chi connectivity index (χ2n) is 6.02. The molecule has 0 spiro atoms. The number of carboxylic acids is 1. The molecule has 0 radical (unpaired) electrons. The number of hydrogen-bond donors (Lipinski definition) is 2. The number of pyridine rings is 1. The van der Waals surface area contributed by atoms with Gasteiger partial charge in [0.2, 0.25) is 0 Å². The van der Waals surface area contributed by atoms with E-state index in [9.17, 15) is 18.3 Å². The fraction of sp³-hybridized carbons (Fsp3) is 0. The number of thiophene rings is 1. The number of fused-ring (bicyclic) bond motifs is 1. The maximum Gasteiger partial charge on any atom is 0.337 e. The van der Waals surface area contributed by atoms with Crippen molar-refractivity contribution >= 4 is 43.2 Å². The van der Waals surface area contributed by atoms with Crippen molar-refractivity contribution < 1.29 is 18.3 Å². The molecule has 2 N–H and O–H groups in total. The molecular formula is C20H14N2O4S2. The molecule has 2 aromatic carbocycles. The molecule has 0 atom stereocenters. The van der Waals surface area contributed by atoms with Gasteiger partial charge < -0.3 is 5.11 Å². The molecule has 0 saturated heterocycles. The number of rotatable bonds is 5. The second kappa shape index (κ2) is 7.06. The third kappa shape index (κ3) is 3.47. The zero-order valence-electron chi connectivity index (χ0n) is 14.4. The Morgan fingerprint density at radius 3 is 2.54 bits per heavy atom.